The van der Waals surface area contributed by atoms with Crippen LogP contribution in [0.15, 0.2) is 47.4 Å². The van der Waals surface area contributed by atoms with Gasteiger partial charge in [-0.05, 0) is 36.1 Å². The van der Waals surface area contributed by atoms with E-state index in [0.717, 1.165) is 16.2 Å². The molecule has 0 radical (unpaired) electrons. The van der Waals surface area contributed by atoms with Crippen molar-refractivity contribution in [3.63, 3.8) is 0 Å². The topological polar surface area (TPSA) is 35.2 Å². The van der Waals surface area contributed by atoms with Crippen molar-refractivity contribution in [2.45, 2.75) is 11.4 Å². The van der Waals surface area contributed by atoms with Gasteiger partial charge in [0.05, 0.1) is 5.02 Å². The molecule has 0 atom stereocenters. The first-order valence-electron chi connectivity index (χ1n) is 5.54. The van der Waals surface area contributed by atoms with Crippen molar-refractivity contribution in [2.75, 3.05) is 6.26 Å². The number of nitrogens with two attached hydrogens (primary N) is 1. The van der Waals surface area contributed by atoms with E-state index >= 15 is 0 Å². The number of hydrogen-bond donors (Lipinski definition) is 1. The molecular formula is C14H14ClNOS. The first kappa shape index (κ1) is 13.3. The predicted octanol–water partition coefficient (Wildman–Crippen LogP) is 4.31. The zero-order chi connectivity index (χ0) is 13.0. The summed E-state index contributed by atoms with van der Waals surface area (Å²) < 4.78 is 5.84. The van der Waals surface area contributed by atoms with Gasteiger partial charge < -0.3 is 10.5 Å². The fourth-order valence-corrected chi connectivity index (χ4v) is 2.34. The zero-order valence-corrected chi connectivity index (χ0v) is 11.6. The molecule has 2 rings (SSSR count). The number of ether oxygens (including phenoxy) is 1. The van der Waals surface area contributed by atoms with Gasteiger partial charge in [-0.1, -0.05) is 29.8 Å². The largest absolute Gasteiger partial charge is 0.455 e. The normalized spacial score (nSPS) is 10.4. The minimum absolute atomic E-state index is 0.474. The fourth-order valence-electron chi connectivity index (χ4n) is 1.58. The number of hydrogen-bond acceptors (Lipinski definition) is 3. The Balaban J connectivity index is 2.28. The Hall–Kier alpha value is -1.16. The van der Waals surface area contributed by atoms with Crippen molar-refractivity contribution >= 4 is 23.4 Å². The summed E-state index contributed by atoms with van der Waals surface area (Å²) in [6.45, 7) is 0.474. The first-order valence-corrected chi connectivity index (χ1v) is 7.14. The zero-order valence-electron chi connectivity index (χ0n) is 10.0. The van der Waals surface area contributed by atoms with Crippen LogP contribution >= 0.6 is 23.4 Å². The third-order valence-corrected chi connectivity index (χ3v) is 3.59. The van der Waals surface area contributed by atoms with E-state index in [1.54, 1.807) is 11.8 Å². The summed E-state index contributed by atoms with van der Waals surface area (Å²) in [5.74, 6) is 1.46. The van der Waals surface area contributed by atoms with Crippen LogP contribution in [0.3, 0.4) is 0 Å². The maximum atomic E-state index is 6.17. The summed E-state index contributed by atoms with van der Waals surface area (Å²) in [7, 11) is 0. The smallest absolute Gasteiger partial charge is 0.146 e. The molecule has 0 amide bonds. The van der Waals surface area contributed by atoms with Crippen LogP contribution in [0.2, 0.25) is 5.02 Å². The average molecular weight is 280 g/mol. The van der Waals surface area contributed by atoms with Crippen LogP contribution in [0.25, 0.3) is 0 Å². The molecular weight excluding hydrogens is 266 g/mol. The highest BCUT2D eigenvalue weighted by Crippen LogP contribution is 2.34. The summed E-state index contributed by atoms with van der Waals surface area (Å²) in [5.41, 5.74) is 6.56. The van der Waals surface area contributed by atoms with Gasteiger partial charge in [0.2, 0.25) is 0 Å². The number of thioether (sulfide) groups is 1. The van der Waals surface area contributed by atoms with Crippen LogP contribution in [0, 0.1) is 0 Å². The van der Waals surface area contributed by atoms with E-state index in [1.807, 2.05) is 48.7 Å². The molecule has 0 bridgehead atoms. The SMILES string of the molecule is CSc1ccccc1Oc1ccc(CN)cc1Cl. The summed E-state index contributed by atoms with van der Waals surface area (Å²) >= 11 is 7.81. The molecule has 0 aliphatic carbocycles. The first-order chi connectivity index (χ1) is 8.74. The van der Waals surface area contributed by atoms with E-state index in [-0.39, 0.29) is 0 Å². The fraction of sp³-hybridized carbons (Fsp3) is 0.143. The van der Waals surface area contributed by atoms with Gasteiger partial charge in [0.1, 0.15) is 11.5 Å². The Bertz CT molecular complexity index is 545. The molecule has 0 unspecified atom stereocenters. The quantitative estimate of drug-likeness (QED) is 0.847. The van der Waals surface area contributed by atoms with Gasteiger partial charge in [-0.15, -0.1) is 11.8 Å². The summed E-state index contributed by atoms with van der Waals surface area (Å²) in [4.78, 5) is 1.08. The lowest BCUT2D eigenvalue weighted by atomic mass is 10.2. The molecule has 0 fully saturated rings. The molecule has 0 aliphatic heterocycles. The van der Waals surface area contributed by atoms with E-state index in [0.29, 0.717) is 17.3 Å². The van der Waals surface area contributed by atoms with E-state index < -0.39 is 0 Å². The van der Waals surface area contributed by atoms with Gasteiger partial charge in [-0.25, -0.2) is 0 Å². The monoisotopic (exact) mass is 279 g/mol. The van der Waals surface area contributed by atoms with E-state index in [9.17, 15) is 0 Å². The third kappa shape index (κ3) is 2.99. The van der Waals surface area contributed by atoms with Crippen LogP contribution in [0.1, 0.15) is 5.56 Å². The molecule has 2 nitrogen and oxygen atoms in total. The molecule has 18 heavy (non-hydrogen) atoms. The van der Waals surface area contributed by atoms with Crippen molar-refractivity contribution in [1.82, 2.24) is 0 Å². The molecule has 0 saturated carbocycles. The standard InChI is InChI=1S/C14H14ClNOS/c1-18-14-5-3-2-4-13(14)17-12-7-6-10(9-16)8-11(12)15/h2-8H,9,16H2,1H3. The van der Waals surface area contributed by atoms with E-state index in [2.05, 4.69) is 0 Å². The summed E-state index contributed by atoms with van der Waals surface area (Å²) in [6, 6.07) is 13.5. The predicted molar refractivity (Wildman–Crippen MR) is 77.6 cm³/mol. The Labute approximate surface area is 116 Å². The highest BCUT2D eigenvalue weighted by molar-refractivity contribution is 7.98. The Morgan fingerprint density at radius 1 is 1.17 bits per heavy atom. The van der Waals surface area contributed by atoms with E-state index in [4.69, 9.17) is 22.1 Å². The van der Waals surface area contributed by atoms with Crippen molar-refractivity contribution in [2.24, 2.45) is 5.73 Å². The molecule has 2 aromatic rings. The minimum Gasteiger partial charge on any atom is -0.455 e. The second-order valence-electron chi connectivity index (χ2n) is 3.72. The summed E-state index contributed by atoms with van der Waals surface area (Å²) in [6.07, 6.45) is 2.02. The Kier molecular flexibility index (Phi) is 4.53. The minimum atomic E-state index is 0.474. The van der Waals surface area contributed by atoms with Gasteiger partial charge in [-0.3, -0.25) is 0 Å². The van der Waals surface area contributed by atoms with Crippen molar-refractivity contribution in [3.05, 3.63) is 53.1 Å². The van der Waals surface area contributed by atoms with Crippen LogP contribution in [0.5, 0.6) is 11.5 Å². The lowest BCUT2D eigenvalue weighted by molar-refractivity contribution is 0.471. The maximum Gasteiger partial charge on any atom is 0.146 e. The van der Waals surface area contributed by atoms with Gasteiger partial charge in [0, 0.05) is 11.4 Å². The molecule has 94 valence electrons. The van der Waals surface area contributed by atoms with Gasteiger partial charge in [0.15, 0.2) is 0 Å². The van der Waals surface area contributed by atoms with Gasteiger partial charge in [-0.2, -0.15) is 0 Å². The maximum absolute atomic E-state index is 6.17. The molecule has 0 aliphatic rings. The van der Waals surface area contributed by atoms with Crippen molar-refractivity contribution in [3.8, 4) is 11.5 Å². The molecule has 0 saturated heterocycles. The molecule has 0 spiro atoms. The van der Waals surface area contributed by atoms with E-state index in [1.165, 1.54) is 0 Å². The number of para-hydroxylation sites is 1. The van der Waals surface area contributed by atoms with Crippen LogP contribution in [0.4, 0.5) is 0 Å². The molecule has 2 aromatic carbocycles. The Morgan fingerprint density at radius 2 is 1.94 bits per heavy atom. The number of benzene rings is 2. The van der Waals surface area contributed by atoms with Gasteiger partial charge in [0.25, 0.3) is 0 Å². The number of rotatable bonds is 4. The lowest BCUT2D eigenvalue weighted by Gasteiger charge is -2.11. The van der Waals surface area contributed by atoms with Crippen LogP contribution in [-0.4, -0.2) is 6.26 Å². The second kappa shape index (κ2) is 6.14. The highest BCUT2D eigenvalue weighted by Gasteiger charge is 2.07. The molecule has 4 heteroatoms. The second-order valence-corrected chi connectivity index (χ2v) is 4.98. The summed E-state index contributed by atoms with van der Waals surface area (Å²) in [5, 5.41) is 0.578. The highest BCUT2D eigenvalue weighted by atomic mass is 35.5. The Morgan fingerprint density at radius 3 is 2.61 bits per heavy atom. The third-order valence-electron chi connectivity index (χ3n) is 2.52. The molecule has 2 N–H and O–H groups in total. The molecule has 0 aromatic heterocycles. The average Bonchev–Trinajstić information content (AvgIpc) is 2.41. The lowest BCUT2D eigenvalue weighted by Crippen LogP contribution is -1.96. The number of halogens is 1. The van der Waals surface area contributed by atoms with Crippen LogP contribution in [-0.2, 0) is 6.54 Å². The van der Waals surface area contributed by atoms with Crippen LogP contribution < -0.4 is 10.5 Å². The van der Waals surface area contributed by atoms with Crippen molar-refractivity contribution in [1.29, 1.82) is 0 Å². The van der Waals surface area contributed by atoms with Gasteiger partial charge >= 0.3 is 0 Å². The molecule has 0 heterocycles. The van der Waals surface area contributed by atoms with Crippen molar-refractivity contribution < 1.29 is 4.74 Å².